The minimum Gasteiger partial charge on any atom is -0.462 e. The number of carbonyl (C=O) groups is 1. The highest BCUT2D eigenvalue weighted by Crippen LogP contribution is 2.32. The first-order chi connectivity index (χ1) is 19.4. The molecule has 2 atom stereocenters. The number of hydrogen-bond donors (Lipinski definition) is 1. The van der Waals surface area contributed by atoms with E-state index in [1.165, 1.54) is 27.5 Å². The maximum Gasteiger partial charge on any atom is 0.309 e. The molecule has 1 N–H and O–H groups in total. The molecular formula is C36H40N2O2. The minimum absolute atomic E-state index is 0.0375. The summed E-state index contributed by atoms with van der Waals surface area (Å²) in [5.74, 6) is -0.0911. The minimum atomic E-state index is -0.0536. The molecule has 3 aliphatic rings. The lowest BCUT2D eigenvalue weighted by molar-refractivity contribution is -0.154. The van der Waals surface area contributed by atoms with Gasteiger partial charge in [0.1, 0.15) is 6.10 Å². The summed E-state index contributed by atoms with van der Waals surface area (Å²) in [7, 11) is 0. The van der Waals surface area contributed by atoms with Crippen molar-refractivity contribution in [1.82, 2.24) is 10.3 Å². The normalized spacial score (nSPS) is 19.3. The van der Waals surface area contributed by atoms with Crippen LogP contribution in [-0.4, -0.2) is 17.1 Å². The van der Waals surface area contributed by atoms with Crippen molar-refractivity contribution in [2.24, 2.45) is 5.92 Å². The molecule has 4 heteroatoms. The van der Waals surface area contributed by atoms with Gasteiger partial charge >= 0.3 is 5.97 Å². The second kappa shape index (κ2) is 12.5. The van der Waals surface area contributed by atoms with Gasteiger partial charge in [0.25, 0.3) is 0 Å². The standard InChI is InChI=1S/C36H40N2O2/c1-5-9-32(6-2)40-36(39)27-15-13-26(14-16-27)30-21-24(3)20-28-17-18-29(22-31(28)23-30)33-11-8-19-37-35(33)34-12-7-10-25(4)38-34/h7-8,10,12-13,17-23,27,32,37H,3,5-6,9,11,14-16H2,1-2,4H3/t27?,32-/m0/s1. The van der Waals surface area contributed by atoms with E-state index in [0.29, 0.717) is 0 Å². The van der Waals surface area contributed by atoms with Crippen LogP contribution in [0.25, 0.3) is 23.4 Å². The summed E-state index contributed by atoms with van der Waals surface area (Å²) in [5.41, 5.74) is 8.87. The molecule has 1 aromatic carbocycles. The number of aryl methyl sites for hydroxylation is 1. The molecule has 0 bridgehead atoms. The topological polar surface area (TPSA) is 51.2 Å². The van der Waals surface area contributed by atoms with Crippen molar-refractivity contribution in [3.8, 4) is 0 Å². The molecule has 1 unspecified atom stereocenters. The van der Waals surface area contributed by atoms with Gasteiger partial charge < -0.3 is 10.1 Å². The third-order valence-corrected chi connectivity index (χ3v) is 8.01. The lowest BCUT2D eigenvalue weighted by Crippen LogP contribution is -2.26. The Morgan fingerprint density at radius 3 is 2.77 bits per heavy atom. The number of benzene rings is 1. The number of rotatable bonds is 8. The van der Waals surface area contributed by atoms with Crippen LogP contribution in [-0.2, 0) is 9.53 Å². The van der Waals surface area contributed by atoms with Crippen LogP contribution in [0.1, 0.15) is 75.7 Å². The van der Waals surface area contributed by atoms with E-state index in [2.05, 4.69) is 86.5 Å². The summed E-state index contributed by atoms with van der Waals surface area (Å²) in [5, 5.41) is 5.79. The molecule has 1 aromatic heterocycles. The van der Waals surface area contributed by atoms with E-state index in [4.69, 9.17) is 9.72 Å². The summed E-state index contributed by atoms with van der Waals surface area (Å²) in [4.78, 5) is 17.6. The molecule has 0 radical (unpaired) electrons. The molecule has 1 aliphatic heterocycles. The van der Waals surface area contributed by atoms with Crippen molar-refractivity contribution in [2.75, 3.05) is 0 Å². The molecule has 4 nitrogen and oxygen atoms in total. The Morgan fingerprint density at radius 2 is 2.02 bits per heavy atom. The number of pyridine rings is 1. The number of aromatic nitrogens is 1. The number of nitrogens with zero attached hydrogens (tertiary/aromatic N) is 1. The predicted molar refractivity (Wildman–Crippen MR) is 165 cm³/mol. The highest BCUT2D eigenvalue weighted by atomic mass is 16.5. The van der Waals surface area contributed by atoms with Gasteiger partial charge in [-0.1, -0.05) is 57.2 Å². The lowest BCUT2D eigenvalue weighted by atomic mass is 9.85. The van der Waals surface area contributed by atoms with Gasteiger partial charge in [0, 0.05) is 5.69 Å². The first-order valence-electron chi connectivity index (χ1n) is 14.7. The first kappa shape index (κ1) is 27.6. The summed E-state index contributed by atoms with van der Waals surface area (Å²) in [6.45, 7) is 10.6. The predicted octanol–water partition coefficient (Wildman–Crippen LogP) is 6.67. The van der Waals surface area contributed by atoms with Crippen LogP contribution in [0.3, 0.4) is 0 Å². The average molecular weight is 533 g/mol. The number of nitrogens with one attached hydrogen (secondary N) is 1. The Hall–Kier alpha value is -3.92. The highest BCUT2D eigenvalue weighted by Gasteiger charge is 2.26. The smallest absolute Gasteiger partial charge is 0.309 e. The van der Waals surface area contributed by atoms with Gasteiger partial charge in [-0.15, -0.1) is 0 Å². The van der Waals surface area contributed by atoms with E-state index >= 15 is 0 Å². The molecule has 2 aromatic rings. The van der Waals surface area contributed by atoms with Crippen molar-refractivity contribution < 1.29 is 9.53 Å². The molecule has 0 saturated carbocycles. The Labute approximate surface area is 238 Å². The number of allylic oxidation sites excluding steroid dienone is 7. The van der Waals surface area contributed by atoms with Crippen molar-refractivity contribution in [2.45, 2.75) is 71.8 Å². The largest absolute Gasteiger partial charge is 0.462 e. The second-order valence-corrected chi connectivity index (χ2v) is 11.0. The maximum atomic E-state index is 12.8. The molecule has 0 spiro atoms. The number of hydrogen-bond acceptors (Lipinski definition) is 4. The van der Waals surface area contributed by atoms with E-state index in [-0.39, 0.29) is 18.0 Å². The van der Waals surface area contributed by atoms with Crippen molar-refractivity contribution >= 4 is 29.4 Å². The fraction of sp³-hybridized carbons (Fsp3) is 0.333. The zero-order valence-electron chi connectivity index (χ0n) is 24.0. The monoisotopic (exact) mass is 532 g/mol. The van der Waals surface area contributed by atoms with Crippen molar-refractivity contribution in [3.05, 3.63) is 112 Å². The number of dihydropyridines is 1. The fourth-order valence-corrected chi connectivity index (χ4v) is 5.78. The summed E-state index contributed by atoms with van der Waals surface area (Å²) in [6, 6.07) is 12.8. The van der Waals surface area contributed by atoms with Crippen LogP contribution in [0, 0.1) is 12.8 Å². The van der Waals surface area contributed by atoms with E-state index in [9.17, 15) is 4.79 Å². The van der Waals surface area contributed by atoms with Gasteiger partial charge in [0.15, 0.2) is 0 Å². The molecule has 0 saturated heterocycles. The van der Waals surface area contributed by atoms with Crippen molar-refractivity contribution in [3.63, 3.8) is 0 Å². The summed E-state index contributed by atoms with van der Waals surface area (Å²) < 4.78 is 5.83. The first-order valence-corrected chi connectivity index (χ1v) is 14.7. The van der Waals surface area contributed by atoms with Crippen LogP contribution in [0.2, 0.25) is 0 Å². The Bertz CT molecular complexity index is 1550. The van der Waals surface area contributed by atoms with Crippen LogP contribution in [0.5, 0.6) is 0 Å². The number of esters is 1. The SMILES string of the molecule is C=C1C=C(C2=CCC(C(=O)O[C@@H](CC)CCC)CC2)C=c2cc(C3=C(c4cccc(C)n4)NC=CC3)ccc2=C1. The molecule has 2 heterocycles. The molecule has 206 valence electrons. The Kier molecular flexibility index (Phi) is 8.64. The molecule has 0 amide bonds. The second-order valence-electron chi connectivity index (χ2n) is 11.0. The van der Waals surface area contributed by atoms with Crippen LogP contribution < -0.4 is 15.8 Å². The lowest BCUT2D eigenvalue weighted by Gasteiger charge is -2.24. The zero-order valence-corrected chi connectivity index (χ0v) is 24.0. The van der Waals surface area contributed by atoms with E-state index in [1.807, 2.05) is 19.2 Å². The quantitative estimate of drug-likeness (QED) is 0.386. The molecular weight excluding hydrogens is 492 g/mol. The zero-order chi connectivity index (χ0) is 28.1. The van der Waals surface area contributed by atoms with Gasteiger partial charge in [-0.3, -0.25) is 9.78 Å². The molecule has 40 heavy (non-hydrogen) atoms. The third kappa shape index (κ3) is 6.28. The van der Waals surface area contributed by atoms with Gasteiger partial charge in [0.2, 0.25) is 0 Å². The average Bonchev–Trinajstić information content (AvgIpc) is 3.14. The summed E-state index contributed by atoms with van der Waals surface area (Å²) in [6.07, 6.45) is 19.1. The van der Waals surface area contributed by atoms with Crippen LogP contribution in [0.4, 0.5) is 0 Å². The van der Waals surface area contributed by atoms with E-state index in [0.717, 1.165) is 72.8 Å². The molecule has 0 fully saturated rings. The van der Waals surface area contributed by atoms with Gasteiger partial charge in [-0.2, -0.15) is 0 Å². The van der Waals surface area contributed by atoms with E-state index in [1.54, 1.807) is 0 Å². The molecule has 2 aliphatic carbocycles. The van der Waals surface area contributed by atoms with Gasteiger partial charge in [0.05, 0.1) is 17.3 Å². The highest BCUT2D eigenvalue weighted by molar-refractivity contribution is 5.91. The van der Waals surface area contributed by atoms with Crippen LogP contribution in [0.15, 0.2) is 84.1 Å². The van der Waals surface area contributed by atoms with Crippen molar-refractivity contribution in [1.29, 1.82) is 0 Å². The Balaban J connectivity index is 1.43. The fourth-order valence-electron chi connectivity index (χ4n) is 5.78. The third-order valence-electron chi connectivity index (χ3n) is 8.01. The number of fused-ring (bicyclic) bond motifs is 1. The van der Waals surface area contributed by atoms with E-state index < -0.39 is 0 Å². The Morgan fingerprint density at radius 1 is 1.15 bits per heavy atom. The maximum absolute atomic E-state index is 12.8. The van der Waals surface area contributed by atoms with Gasteiger partial charge in [-0.25, -0.2) is 0 Å². The van der Waals surface area contributed by atoms with Gasteiger partial charge in [-0.05, 0) is 126 Å². The summed E-state index contributed by atoms with van der Waals surface area (Å²) >= 11 is 0. The molecule has 5 rings (SSSR count). The number of carbonyl (C=O) groups excluding carboxylic acids is 1. The number of ether oxygens (including phenoxy) is 1. The van der Waals surface area contributed by atoms with Crippen LogP contribution >= 0.6 is 0 Å².